The molecule has 3 nitrogen and oxygen atoms in total. The maximum Gasteiger partial charge on any atom is 0.167 e. The van der Waals surface area contributed by atoms with Crippen LogP contribution in [-0.2, 0) is 4.79 Å². The number of hydrogen-bond donors (Lipinski definition) is 0. The first-order valence-electron chi connectivity index (χ1n) is 6.35. The number of halogens is 1. The van der Waals surface area contributed by atoms with Gasteiger partial charge in [0.15, 0.2) is 5.78 Å². The fraction of sp³-hybridized carbons (Fsp3) is 0.467. The van der Waals surface area contributed by atoms with E-state index in [1.807, 2.05) is 13.8 Å². The van der Waals surface area contributed by atoms with Crippen LogP contribution in [0, 0.1) is 5.92 Å². The Kier molecular flexibility index (Phi) is 6.03. The molecule has 0 aliphatic heterocycles. The largest absolute Gasteiger partial charge is 0.493 e. The van der Waals surface area contributed by atoms with Crippen molar-refractivity contribution in [1.29, 1.82) is 0 Å². The summed E-state index contributed by atoms with van der Waals surface area (Å²) >= 11 is 5.91. The highest BCUT2D eigenvalue weighted by Crippen LogP contribution is 2.25. The molecular formula is C15H19ClO3. The third-order valence-corrected chi connectivity index (χ3v) is 2.75. The van der Waals surface area contributed by atoms with Gasteiger partial charge in [-0.2, -0.15) is 0 Å². The topological polar surface area (TPSA) is 43.4 Å². The number of hydrogen-bond acceptors (Lipinski definition) is 3. The van der Waals surface area contributed by atoms with E-state index in [0.29, 0.717) is 28.9 Å². The molecule has 0 atom stereocenters. The van der Waals surface area contributed by atoms with Crippen molar-refractivity contribution >= 4 is 23.2 Å². The third kappa shape index (κ3) is 5.43. The molecule has 0 spiro atoms. The summed E-state index contributed by atoms with van der Waals surface area (Å²) in [6, 6.07) is 4.99. The third-order valence-electron chi connectivity index (χ3n) is 2.52. The summed E-state index contributed by atoms with van der Waals surface area (Å²) in [4.78, 5) is 23.0. The van der Waals surface area contributed by atoms with Gasteiger partial charge >= 0.3 is 0 Å². The van der Waals surface area contributed by atoms with E-state index in [1.165, 1.54) is 6.92 Å². The Hall–Kier alpha value is -1.35. The van der Waals surface area contributed by atoms with Crippen LogP contribution in [0.5, 0.6) is 5.75 Å². The first-order valence-corrected chi connectivity index (χ1v) is 6.73. The standard InChI is InChI=1S/C15H19ClO3/c1-10(2)9-19-15-7-5-12(16)8-13(15)14(18)6-4-11(3)17/h5,7-8,10H,4,6,9H2,1-3H3. The molecule has 0 aromatic heterocycles. The van der Waals surface area contributed by atoms with Gasteiger partial charge < -0.3 is 9.53 Å². The van der Waals surface area contributed by atoms with Gasteiger partial charge in [-0.05, 0) is 31.0 Å². The molecular weight excluding hydrogens is 264 g/mol. The van der Waals surface area contributed by atoms with E-state index < -0.39 is 0 Å². The minimum absolute atomic E-state index is 0.0000249. The van der Waals surface area contributed by atoms with Gasteiger partial charge in [0.2, 0.25) is 0 Å². The van der Waals surface area contributed by atoms with Crippen LogP contribution in [0.1, 0.15) is 44.0 Å². The Balaban J connectivity index is 2.86. The average molecular weight is 283 g/mol. The number of ketones is 2. The van der Waals surface area contributed by atoms with E-state index in [2.05, 4.69) is 0 Å². The summed E-state index contributed by atoms with van der Waals surface area (Å²) < 4.78 is 5.62. The average Bonchev–Trinajstić information content (AvgIpc) is 2.34. The SMILES string of the molecule is CC(=O)CCC(=O)c1cc(Cl)ccc1OCC(C)C. The van der Waals surface area contributed by atoms with E-state index >= 15 is 0 Å². The highest BCUT2D eigenvalue weighted by Gasteiger charge is 2.14. The van der Waals surface area contributed by atoms with Gasteiger partial charge in [-0.25, -0.2) is 0 Å². The Morgan fingerprint density at radius 2 is 1.95 bits per heavy atom. The van der Waals surface area contributed by atoms with E-state index in [1.54, 1.807) is 18.2 Å². The summed E-state index contributed by atoms with van der Waals surface area (Å²) in [5.74, 6) is 0.791. The molecule has 0 aliphatic rings. The van der Waals surface area contributed by atoms with Crippen molar-refractivity contribution in [1.82, 2.24) is 0 Å². The fourth-order valence-corrected chi connectivity index (χ4v) is 1.70. The molecule has 0 bridgehead atoms. The van der Waals surface area contributed by atoms with Crippen LogP contribution in [0.4, 0.5) is 0 Å². The second-order valence-electron chi connectivity index (χ2n) is 4.97. The summed E-state index contributed by atoms with van der Waals surface area (Å²) in [5, 5.41) is 0.489. The monoisotopic (exact) mass is 282 g/mol. The van der Waals surface area contributed by atoms with Gasteiger partial charge in [-0.1, -0.05) is 25.4 Å². The number of carbonyl (C=O) groups is 2. The van der Waals surface area contributed by atoms with E-state index in [-0.39, 0.29) is 24.4 Å². The summed E-state index contributed by atoms with van der Waals surface area (Å²) in [7, 11) is 0. The molecule has 0 amide bonds. The van der Waals surface area contributed by atoms with Crippen molar-refractivity contribution in [3.8, 4) is 5.75 Å². The quantitative estimate of drug-likeness (QED) is 0.712. The fourth-order valence-electron chi connectivity index (χ4n) is 1.53. The predicted molar refractivity (Wildman–Crippen MR) is 76.0 cm³/mol. The maximum absolute atomic E-state index is 12.1. The van der Waals surface area contributed by atoms with Gasteiger partial charge in [-0.3, -0.25) is 4.79 Å². The van der Waals surface area contributed by atoms with Crippen LogP contribution in [0.15, 0.2) is 18.2 Å². The van der Waals surface area contributed by atoms with Crippen molar-refractivity contribution in [3.63, 3.8) is 0 Å². The van der Waals surface area contributed by atoms with Crippen LogP contribution >= 0.6 is 11.6 Å². The molecule has 0 saturated heterocycles. The molecule has 0 radical (unpaired) electrons. The molecule has 19 heavy (non-hydrogen) atoms. The first kappa shape index (κ1) is 15.7. The van der Waals surface area contributed by atoms with Crippen LogP contribution in [-0.4, -0.2) is 18.2 Å². The lowest BCUT2D eigenvalue weighted by molar-refractivity contribution is -0.116. The number of rotatable bonds is 7. The zero-order valence-corrected chi connectivity index (χ0v) is 12.3. The zero-order chi connectivity index (χ0) is 14.4. The summed E-state index contributed by atoms with van der Waals surface area (Å²) in [6.07, 6.45) is 0.433. The van der Waals surface area contributed by atoms with Crippen molar-refractivity contribution in [2.75, 3.05) is 6.61 Å². The second kappa shape index (κ2) is 7.29. The molecule has 0 saturated carbocycles. The molecule has 0 N–H and O–H groups in total. The second-order valence-corrected chi connectivity index (χ2v) is 5.41. The van der Waals surface area contributed by atoms with Gasteiger partial charge in [0.25, 0.3) is 0 Å². The number of ether oxygens (including phenoxy) is 1. The van der Waals surface area contributed by atoms with Crippen LogP contribution in [0.2, 0.25) is 5.02 Å². The normalized spacial score (nSPS) is 10.6. The molecule has 1 aromatic rings. The van der Waals surface area contributed by atoms with Gasteiger partial charge in [-0.15, -0.1) is 0 Å². The Labute approximate surface area is 118 Å². The Bertz CT molecular complexity index is 466. The van der Waals surface area contributed by atoms with Crippen molar-refractivity contribution in [3.05, 3.63) is 28.8 Å². The molecule has 4 heteroatoms. The van der Waals surface area contributed by atoms with E-state index in [0.717, 1.165) is 0 Å². The molecule has 1 rings (SSSR count). The van der Waals surface area contributed by atoms with Crippen LogP contribution in [0.25, 0.3) is 0 Å². The molecule has 0 heterocycles. The first-order chi connectivity index (χ1) is 8.90. The summed E-state index contributed by atoms with van der Waals surface area (Å²) in [5.41, 5.74) is 0.453. The lowest BCUT2D eigenvalue weighted by atomic mass is 10.0. The highest BCUT2D eigenvalue weighted by atomic mass is 35.5. The zero-order valence-electron chi connectivity index (χ0n) is 11.5. The number of Topliss-reactive ketones (excluding diaryl/α,β-unsaturated/α-hetero) is 2. The lowest BCUT2D eigenvalue weighted by Crippen LogP contribution is -2.09. The lowest BCUT2D eigenvalue weighted by Gasteiger charge is -2.12. The molecule has 0 unspecified atom stereocenters. The van der Waals surface area contributed by atoms with Gasteiger partial charge in [0.1, 0.15) is 11.5 Å². The molecule has 104 valence electrons. The van der Waals surface area contributed by atoms with Gasteiger partial charge in [0, 0.05) is 17.9 Å². The van der Waals surface area contributed by atoms with Crippen LogP contribution in [0.3, 0.4) is 0 Å². The minimum atomic E-state index is -0.114. The minimum Gasteiger partial charge on any atom is -0.493 e. The Morgan fingerprint density at radius 1 is 1.26 bits per heavy atom. The highest BCUT2D eigenvalue weighted by molar-refractivity contribution is 6.31. The number of benzene rings is 1. The summed E-state index contributed by atoms with van der Waals surface area (Å²) in [6.45, 7) is 6.08. The van der Waals surface area contributed by atoms with Crippen molar-refractivity contribution in [2.24, 2.45) is 5.92 Å². The van der Waals surface area contributed by atoms with E-state index in [4.69, 9.17) is 16.3 Å². The predicted octanol–water partition coefficient (Wildman–Crippen LogP) is 3.93. The van der Waals surface area contributed by atoms with Crippen molar-refractivity contribution < 1.29 is 14.3 Å². The molecule has 1 aromatic carbocycles. The molecule has 0 aliphatic carbocycles. The Morgan fingerprint density at radius 3 is 2.53 bits per heavy atom. The van der Waals surface area contributed by atoms with Crippen LogP contribution < -0.4 is 4.74 Å². The van der Waals surface area contributed by atoms with E-state index in [9.17, 15) is 9.59 Å². The number of carbonyl (C=O) groups excluding carboxylic acids is 2. The molecule has 0 fully saturated rings. The maximum atomic E-state index is 12.1. The van der Waals surface area contributed by atoms with Gasteiger partial charge in [0.05, 0.1) is 12.2 Å². The van der Waals surface area contributed by atoms with Crippen molar-refractivity contribution in [2.45, 2.75) is 33.6 Å². The smallest absolute Gasteiger partial charge is 0.167 e.